The molecule has 27 heavy (non-hydrogen) atoms. The average molecular weight is 399 g/mol. The maximum Gasteiger partial charge on any atom is 0.416 e. The van der Waals surface area contributed by atoms with E-state index in [4.69, 9.17) is 16.3 Å². The van der Waals surface area contributed by atoms with Crippen molar-refractivity contribution in [2.75, 3.05) is 37.7 Å². The largest absolute Gasteiger partial charge is 0.484 e. The zero-order valence-corrected chi connectivity index (χ0v) is 15.1. The first-order valence-electron chi connectivity index (χ1n) is 8.41. The first-order chi connectivity index (χ1) is 12.8. The summed E-state index contributed by atoms with van der Waals surface area (Å²) >= 11 is 5.89. The third-order valence-electron chi connectivity index (χ3n) is 4.37. The average Bonchev–Trinajstić information content (AvgIpc) is 2.66. The predicted octanol–water partition coefficient (Wildman–Crippen LogP) is 4.09. The number of anilines is 1. The summed E-state index contributed by atoms with van der Waals surface area (Å²) in [5.41, 5.74) is 0.298. The number of nitrogens with zero attached hydrogens (tertiary/aromatic N) is 2. The lowest BCUT2D eigenvalue weighted by atomic mass is 10.2. The van der Waals surface area contributed by atoms with Gasteiger partial charge in [-0.25, -0.2) is 0 Å². The lowest BCUT2D eigenvalue weighted by Gasteiger charge is -2.36. The summed E-state index contributed by atoms with van der Waals surface area (Å²) in [7, 11) is 0. The summed E-state index contributed by atoms with van der Waals surface area (Å²) in [6, 6.07) is 11.8. The number of alkyl halides is 3. The highest BCUT2D eigenvalue weighted by molar-refractivity contribution is 6.30. The lowest BCUT2D eigenvalue weighted by molar-refractivity contribution is -0.137. The second-order valence-corrected chi connectivity index (χ2v) is 6.59. The first-order valence-corrected chi connectivity index (χ1v) is 8.79. The standard InChI is InChI=1S/C19H18ClF3N2O2/c20-15-3-5-16(6-4-15)24-9-11-25(12-10-24)18(26)13-27-17-7-1-14(2-8-17)19(21,22)23/h1-8H,9-13H2. The van der Waals surface area contributed by atoms with E-state index >= 15 is 0 Å². The van der Waals surface area contributed by atoms with Gasteiger partial charge in [-0.05, 0) is 48.5 Å². The van der Waals surface area contributed by atoms with Crippen LogP contribution < -0.4 is 9.64 Å². The molecule has 1 aliphatic heterocycles. The molecule has 4 nitrogen and oxygen atoms in total. The molecule has 0 unspecified atom stereocenters. The Balaban J connectivity index is 1.47. The van der Waals surface area contributed by atoms with Gasteiger partial charge in [-0.1, -0.05) is 11.6 Å². The predicted molar refractivity (Wildman–Crippen MR) is 97.2 cm³/mol. The highest BCUT2D eigenvalue weighted by Gasteiger charge is 2.30. The van der Waals surface area contributed by atoms with Crippen molar-refractivity contribution in [3.05, 3.63) is 59.1 Å². The van der Waals surface area contributed by atoms with Gasteiger partial charge in [0.1, 0.15) is 5.75 Å². The van der Waals surface area contributed by atoms with Gasteiger partial charge in [-0.2, -0.15) is 13.2 Å². The van der Waals surface area contributed by atoms with Crippen LogP contribution in [0.1, 0.15) is 5.56 Å². The van der Waals surface area contributed by atoms with Crippen molar-refractivity contribution in [2.24, 2.45) is 0 Å². The molecule has 0 N–H and O–H groups in total. The summed E-state index contributed by atoms with van der Waals surface area (Å²) in [5.74, 6) is 0.0433. The number of carbonyl (C=O) groups excluding carboxylic acids is 1. The molecule has 0 bridgehead atoms. The fourth-order valence-electron chi connectivity index (χ4n) is 2.84. The number of carbonyl (C=O) groups is 1. The Morgan fingerprint density at radius 3 is 2.11 bits per heavy atom. The Morgan fingerprint density at radius 2 is 1.56 bits per heavy atom. The Labute approximate surface area is 160 Å². The van der Waals surface area contributed by atoms with Crippen LogP contribution in [0.4, 0.5) is 18.9 Å². The third kappa shape index (κ3) is 5.07. The Hall–Kier alpha value is -2.41. The molecule has 0 saturated carbocycles. The lowest BCUT2D eigenvalue weighted by Crippen LogP contribution is -2.50. The molecular weight excluding hydrogens is 381 g/mol. The molecule has 0 aromatic heterocycles. The SMILES string of the molecule is O=C(COc1ccc(C(F)(F)F)cc1)N1CCN(c2ccc(Cl)cc2)CC1. The third-order valence-corrected chi connectivity index (χ3v) is 4.62. The fraction of sp³-hybridized carbons (Fsp3) is 0.316. The number of rotatable bonds is 4. The molecule has 0 aliphatic carbocycles. The van der Waals surface area contributed by atoms with Crippen LogP contribution in [0.15, 0.2) is 48.5 Å². The van der Waals surface area contributed by atoms with Crippen LogP contribution in [0.3, 0.4) is 0 Å². The zero-order chi connectivity index (χ0) is 19.4. The van der Waals surface area contributed by atoms with E-state index in [1.165, 1.54) is 12.1 Å². The molecule has 2 aromatic carbocycles. The number of hydrogen-bond donors (Lipinski definition) is 0. The van der Waals surface area contributed by atoms with Gasteiger partial charge >= 0.3 is 6.18 Å². The molecular formula is C19H18ClF3N2O2. The van der Waals surface area contributed by atoms with Crippen LogP contribution in [-0.4, -0.2) is 43.6 Å². The molecule has 0 radical (unpaired) electrons. The number of benzene rings is 2. The van der Waals surface area contributed by atoms with Crippen LogP contribution in [0.25, 0.3) is 0 Å². The summed E-state index contributed by atoms with van der Waals surface area (Å²) in [6.07, 6.45) is -4.39. The van der Waals surface area contributed by atoms with E-state index in [0.29, 0.717) is 31.2 Å². The van der Waals surface area contributed by atoms with E-state index in [-0.39, 0.29) is 18.3 Å². The van der Waals surface area contributed by atoms with Gasteiger partial charge in [0.05, 0.1) is 5.56 Å². The minimum atomic E-state index is -4.39. The molecule has 144 valence electrons. The molecule has 1 heterocycles. The van der Waals surface area contributed by atoms with Gasteiger partial charge < -0.3 is 14.5 Å². The number of ether oxygens (including phenoxy) is 1. The summed E-state index contributed by atoms with van der Waals surface area (Å²) in [4.78, 5) is 16.1. The van der Waals surface area contributed by atoms with Crippen molar-refractivity contribution in [2.45, 2.75) is 6.18 Å². The molecule has 3 rings (SSSR count). The number of halogens is 4. The number of piperazine rings is 1. The van der Waals surface area contributed by atoms with E-state index in [1.54, 1.807) is 4.90 Å². The topological polar surface area (TPSA) is 32.8 Å². The molecule has 2 aromatic rings. The maximum atomic E-state index is 12.5. The Morgan fingerprint density at radius 1 is 0.963 bits per heavy atom. The molecule has 1 saturated heterocycles. The summed E-state index contributed by atoms with van der Waals surface area (Å²) in [6.45, 7) is 2.28. The fourth-order valence-corrected chi connectivity index (χ4v) is 2.97. The summed E-state index contributed by atoms with van der Waals surface area (Å²) < 4.78 is 42.9. The normalized spacial score (nSPS) is 15.0. The van der Waals surface area contributed by atoms with Gasteiger partial charge in [-0.3, -0.25) is 4.79 Å². The monoisotopic (exact) mass is 398 g/mol. The molecule has 1 fully saturated rings. The van der Waals surface area contributed by atoms with Crippen molar-refractivity contribution in [3.8, 4) is 5.75 Å². The molecule has 0 spiro atoms. The molecule has 8 heteroatoms. The smallest absolute Gasteiger partial charge is 0.416 e. The highest BCUT2D eigenvalue weighted by atomic mass is 35.5. The molecule has 0 atom stereocenters. The Bertz CT molecular complexity index is 771. The molecule has 1 aliphatic rings. The van der Waals surface area contributed by atoms with Crippen LogP contribution in [0.5, 0.6) is 5.75 Å². The van der Waals surface area contributed by atoms with Gasteiger partial charge in [0.2, 0.25) is 0 Å². The Kier molecular flexibility index (Phi) is 5.79. The van der Waals surface area contributed by atoms with Gasteiger partial charge in [0, 0.05) is 36.9 Å². The van der Waals surface area contributed by atoms with Crippen molar-refractivity contribution in [1.29, 1.82) is 0 Å². The van der Waals surface area contributed by atoms with E-state index in [9.17, 15) is 18.0 Å². The second kappa shape index (κ2) is 8.08. The zero-order valence-electron chi connectivity index (χ0n) is 14.4. The van der Waals surface area contributed by atoms with Crippen LogP contribution in [0, 0.1) is 0 Å². The summed E-state index contributed by atoms with van der Waals surface area (Å²) in [5, 5.41) is 0.674. The van der Waals surface area contributed by atoms with Crippen molar-refractivity contribution < 1.29 is 22.7 Å². The quantitative estimate of drug-likeness (QED) is 0.777. The van der Waals surface area contributed by atoms with Crippen LogP contribution in [-0.2, 0) is 11.0 Å². The second-order valence-electron chi connectivity index (χ2n) is 6.16. The van der Waals surface area contributed by atoms with Gasteiger partial charge in [0.15, 0.2) is 6.61 Å². The van der Waals surface area contributed by atoms with Gasteiger partial charge in [0.25, 0.3) is 5.91 Å². The van der Waals surface area contributed by atoms with Gasteiger partial charge in [-0.15, -0.1) is 0 Å². The van der Waals surface area contributed by atoms with Crippen molar-refractivity contribution in [3.63, 3.8) is 0 Å². The van der Waals surface area contributed by atoms with Crippen molar-refractivity contribution in [1.82, 2.24) is 4.90 Å². The van der Waals surface area contributed by atoms with E-state index in [2.05, 4.69) is 4.90 Å². The minimum absolute atomic E-state index is 0.189. The minimum Gasteiger partial charge on any atom is -0.484 e. The van der Waals surface area contributed by atoms with E-state index in [0.717, 1.165) is 17.8 Å². The van der Waals surface area contributed by atoms with E-state index in [1.807, 2.05) is 24.3 Å². The maximum absolute atomic E-state index is 12.5. The van der Waals surface area contributed by atoms with Crippen molar-refractivity contribution >= 4 is 23.2 Å². The number of hydrogen-bond acceptors (Lipinski definition) is 3. The molecule has 1 amide bonds. The van der Waals surface area contributed by atoms with Crippen LogP contribution >= 0.6 is 11.6 Å². The first kappa shape index (κ1) is 19.4. The van der Waals surface area contributed by atoms with E-state index < -0.39 is 11.7 Å². The number of amides is 1. The highest BCUT2D eigenvalue weighted by Crippen LogP contribution is 2.30. The van der Waals surface area contributed by atoms with Crippen LogP contribution in [0.2, 0.25) is 5.02 Å².